The highest BCUT2D eigenvalue weighted by Crippen LogP contribution is 2.28. The van der Waals surface area contributed by atoms with Crippen LogP contribution in [0.5, 0.6) is 0 Å². The molecule has 4 nitrogen and oxygen atoms in total. The van der Waals surface area contributed by atoms with Crippen LogP contribution in [0.3, 0.4) is 0 Å². The molecule has 0 aromatic carbocycles. The molecule has 0 spiro atoms. The summed E-state index contributed by atoms with van der Waals surface area (Å²) in [4.78, 5) is 10.3. The van der Waals surface area contributed by atoms with E-state index in [1.165, 1.54) is 12.8 Å². The molecule has 1 fully saturated rings. The summed E-state index contributed by atoms with van der Waals surface area (Å²) < 4.78 is 0. The number of aliphatic carboxylic acids is 1. The summed E-state index contributed by atoms with van der Waals surface area (Å²) in [6.07, 6.45) is 7.50. The Morgan fingerprint density at radius 1 is 1.19 bits per heavy atom. The van der Waals surface area contributed by atoms with Gasteiger partial charge in [0, 0.05) is 12.0 Å². The third-order valence-corrected chi connectivity index (χ3v) is 3.43. The van der Waals surface area contributed by atoms with Crippen molar-refractivity contribution in [2.75, 3.05) is 13.2 Å². The van der Waals surface area contributed by atoms with E-state index >= 15 is 0 Å². The second-order valence-electron chi connectivity index (χ2n) is 4.78. The molecule has 0 radical (unpaired) electrons. The number of aliphatic hydroxyl groups is 1. The number of carboxylic acid groups (broad SMARTS) is 1. The number of rotatable bonds is 8. The Hall–Kier alpha value is -0.610. The quantitative estimate of drug-likeness (QED) is 0.552. The van der Waals surface area contributed by atoms with Crippen LogP contribution in [0.15, 0.2) is 0 Å². The normalized spacial score (nSPS) is 18.8. The van der Waals surface area contributed by atoms with Gasteiger partial charge in [-0.3, -0.25) is 4.79 Å². The van der Waals surface area contributed by atoms with Crippen LogP contribution in [0.4, 0.5) is 0 Å². The number of aliphatic hydroxyl groups excluding tert-OH is 1. The van der Waals surface area contributed by atoms with Gasteiger partial charge in [0.25, 0.3) is 0 Å². The molecule has 0 aromatic heterocycles. The molecule has 0 saturated heterocycles. The smallest absolute Gasteiger partial charge is 0.303 e. The molecule has 16 heavy (non-hydrogen) atoms. The van der Waals surface area contributed by atoms with Crippen LogP contribution in [-0.2, 0) is 4.79 Å². The maximum atomic E-state index is 10.3. The van der Waals surface area contributed by atoms with Gasteiger partial charge in [-0.2, -0.15) is 0 Å². The summed E-state index contributed by atoms with van der Waals surface area (Å²) in [6.45, 7) is 1.11. The Labute approximate surface area is 97.0 Å². The molecule has 3 N–H and O–H groups in total. The van der Waals surface area contributed by atoms with E-state index in [4.69, 9.17) is 5.11 Å². The number of carbonyl (C=O) groups is 1. The molecular weight excluding hydrogens is 206 g/mol. The van der Waals surface area contributed by atoms with Crippen molar-refractivity contribution in [2.45, 2.75) is 56.9 Å². The molecule has 0 bridgehead atoms. The fourth-order valence-electron chi connectivity index (χ4n) is 2.37. The van der Waals surface area contributed by atoms with E-state index < -0.39 is 5.97 Å². The Morgan fingerprint density at radius 2 is 1.88 bits per heavy atom. The second-order valence-corrected chi connectivity index (χ2v) is 4.78. The summed E-state index contributed by atoms with van der Waals surface area (Å²) >= 11 is 0. The summed E-state index contributed by atoms with van der Waals surface area (Å²) in [6, 6.07) is 0. The monoisotopic (exact) mass is 229 g/mol. The van der Waals surface area contributed by atoms with Gasteiger partial charge in [-0.05, 0) is 32.2 Å². The van der Waals surface area contributed by atoms with Gasteiger partial charge in [-0.25, -0.2) is 0 Å². The topological polar surface area (TPSA) is 69.6 Å². The summed E-state index contributed by atoms with van der Waals surface area (Å²) in [5, 5.41) is 21.3. The summed E-state index contributed by atoms with van der Waals surface area (Å²) in [5.74, 6) is -0.712. The Kier molecular flexibility index (Phi) is 5.77. The van der Waals surface area contributed by atoms with Gasteiger partial charge in [0.15, 0.2) is 0 Å². The molecule has 0 aromatic rings. The molecular formula is C12H23NO3. The van der Waals surface area contributed by atoms with Crippen molar-refractivity contribution >= 4 is 5.97 Å². The molecule has 0 heterocycles. The van der Waals surface area contributed by atoms with Crippen LogP contribution in [0.1, 0.15) is 51.4 Å². The Morgan fingerprint density at radius 3 is 2.44 bits per heavy atom. The van der Waals surface area contributed by atoms with E-state index in [0.717, 1.165) is 38.6 Å². The van der Waals surface area contributed by atoms with Gasteiger partial charge in [0.2, 0.25) is 0 Å². The van der Waals surface area contributed by atoms with Crippen molar-refractivity contribution in [1.29, 1.82) is 0 Å². The molecule has 0 aliphatic heterocycles. The van der Waals surface area contributed by atoms with E-state index in [2.05, 4.69) is 5.32 Å². The van der Waals surface area contributed by atoms with Crippen LogP contribution < -0.4 is 5.32 Å². The number of hydrogen-bond acceptors (Lipinski definition) is 3. The second kappa shape index (κ2) is 6.86. The molecule has 0 atom stereocenters. The lowest BCUT2D eigenvalue weighted by atomic mass is 9.98. The zero-order valence-corrected chi connectivity index (χ0v) is 9.87. The maximum absolute atomic E-state index is 10.3. The van der Waals surface area contributed by atoms with Crippen molar-refractivity contribution in [3.05, 3.63) is 0 Å². The highest BCUT2D eigenvalue weighted by Gasteiger charge is 2.31. The zero-order valence-electron chi connectivity index (χ0n) is 9.87. The SMILES string of the molecule is O=C(O)CCCCCNC1(CO)CCCC1. The number of unbranched alkanes of at least 4 members (excludes halogenated alkanes) is 2. The van der Waals surface area contributed by atoms with Gasteiger partial charge < -0.3 is 15.5 Å². The number of nitrogens with one attached hydrogen (secondary N) is 1. The average molecular weight is 229 g/mol. The number of hydrogen-bond donors (Lipinski definition) is 3. The lowest BCUT2D eigenvalue weighted by Gasteiger charge is -2.28. The van der Waals surface area contributed by atoms with Crippen LogP contribution in [-0.4, -0.2) is 34.9 Å². The van der Waals surface area contributed by atoms with Gasteiger partial charge in [-0.15, -0.1) is 0 Å². The largest absolute Gasteiger partial charge is 0.481 e. The predicted molar refractivity (Wildman–Crippen MR) is 62.4 cm³/mol. The molecule has 0 unspecified atom stereocenters. The van der Waals surface area contributed by atoms with Crippen molar-refractivity contribution in [3.63, 3.8) is 0 Å². The molecule has 94 valence electrons. The predicted octanol–water partition coefficient (Wildman–Crippen LogP) is 1.53. The maximum Gasteiger partial charge on any atom is 0.303 e. The first-order chi connectivity index (χ1) is 7.68. The standard InChI is InChI=1S/C12H23NO3/c14-10-12(7-3-4-8-12)13-9-5-1-2-6-11(15)16/h13-14H,1-10H2,(H,15,16). The molecule has 1 aliphatic rings. The van der Waals surface area contributed by atoms with E-state index in [1.807, 2.05) is 0 Å². The van der Waals surface area contributed by atoms with E-state index in [-0.39, 0.29) is 18.6 Å². The molecule has 4 heteroatoms. The van der Waals surface area contributed by atoms with Gasteiger partial charge >= 0.3 is 5.97 Å². The van der Waals surface area contributed by atoms with Crippen molar-refractivity contribution in [3.8, 4) is 0 Å². The Bertz CT molecular complexity index is 212. The van der Waals surface area contributed by atoms with E-state index in [1.54, 1.807) is 0 Å². The highest BCUT2D eigenvalue weighted by molar-refractivity contribution is 5.66. The van der Waals surface area contributed by atoms with Gasteiger partial charge in [0.1, 0.15) is 0 Å². The molecule has 1 aliphatic carbocycles. The van der Waals surface area contributed by atoms with E-state index in [9.17, 15) is 9.90 Å². The highest BCUT2D eigenvalue weighted by atomic mass is 16.4. The molecule has 1 rings (SSSR count). The molecule has 0 amide bonds. The third-order valence-electron chi connectivity index (χ3n) is 3.43. The van der Waals surface area contributed by atoms with Crippen molar-refractivity contribution in [2.24, 2.45) is 0 Å². The minimum Gasteiger partial charge on any atom is -0.481 e. The number of carboxylic acids is 1. The Balaban J connectivity index is 2.03. The summed E-state index contributed by atoms with van der Waals surface area (Å²) in [7, 11) is 0. The van der Waals surface area contributed by atoms with Gasteiger partial charge in [0.05, 0.1) is 6.61 Å². The van der Waals surface area contributed by atoms with Gasteiger partial charge in [-0.1, -0.05) is 19.3 Å². The first-order valence-electron chi connectivity index (χ1n) is 6.26. The lowest BCUT2D eigenvalue weighted by molar-refractivity contribution is -0.137. The minimum atomic E-state index is -0.712. The van der Waals surface area contributed by atoms with Crippen LogP contribution in [0.25, 0.3) is 0 Å². The van der Waals surface area contributed by atoms with Crippen LogP contribution >= 0.6 is 0 Å². The van der Waals surface area contributed by atoms with Crippen molar-refractivity contribution < 1.29 is 15.0 Å². The fraction of sp³-hybridized carbons (Fsp3) is 0.917. The first-order valence-corrected chi connectivity index (χ1v) is 6.26. The lowest BCUT2D eigenvalue weighted by Crippen LogP contribution is -2.46. The fourth-order valence-corrected chi connectivity index (χ4v) is 2.37. The van der Waals surface area contributed by atoms with E-state index in [0.29, 0.717) is 0 Å². The van der Waals surface area contributed by atoms with Crippen molar-refractivity contribution in [1.82, 2.24) is 5.32 Å². The molecule has 1 saturated carbocycles. The zero-order chi connectivity index (χ0) is 11.9. The third kappa shape index (κ3) is 4.49. The average Bonchev–Trinajstić information content (AvgIpc) is 2.72. The van der Waals surface area contributed by atoms with Crippen LogP contribution in [0, 0.1) is 0 Å². The first kappa shape index (κ1) is 13.5. The summed E-state index contributed by atoms with van der Waals surface area (Å²) in [5.41, 5.74) is -0.0349. The minimum absolute atomic E-state index is 0.0349. The van der Waals surface area contributed by atoms with Crippen LogP contribution in [0.2, 0.25) is 0 Å².